The number of nitrogens with zero attached hydrogens (tertiary/aromatic N) is 2. The number of nitrogens with one attached hydrogen (secondary N) is 1. The van der Waals surface area contributed by atoms with Crippen molar-refractivity contribution in [3.8, 4) is 0 Å². The van der Waals surface area contributed by atoms with Crippen LogP contribution in [0.4, 0.5) is 4.39 Å². The molecule has 2 fully saturated rings. The number of halogens is 1. The number of hydrogen-bond acceptors (Lipinski definition) is 4. The van der Waals surface area contributed by atoms with Gasteiger partial charge in [0.15, 0.2) is 0 Å². The lowest BCUT2D eigenvalue weighted by atomic mass is 9.74. The van der Waals surface area contributed by atoms with Gasteiger partial charge < -0.3 is 4.90 Å². The maximum absolute atomic E-state index is 14.5. The summed E-state index contributed by atoms with van der Waals surface area (Å²) in [6.07, 6.45) is 4.50. The monoisotopic (exact) mass is 333 g/mol. The molecular weight excluding hydrogens is 309 g/mol. The van der Waals surface area contributed by atoms with Crippen molar-refractivity contribution in [1.29, 1.82) is 0 Å². The van der Waals surface area contributed by atoms with Gasteiger partial charge in [-0.2, -0.15) is 0 Å². The SMILES string of the molecule is CN1CC2(CCC[C@@H]2N2CCc3cc(C(=O)NO)cc(F)c3C2)C1. The van der Waals surface area contributed by atoms with E-state index in [2.05, 4.69) is 16.8 Å². The first-order chi connectivity index (χ1) is 11.5. The van der Waals surface area contributed by atoms with Gasteiger partial charge in [0, 0.05) is 48.8 Å². The zero-order chi connectivity index (χ0) is 16.9. The molecule has 6 heteroatoms. The van der Waals surface area contributed by atoms with Gasteiger partial charge in [-0.15, -0.1) is 0 Å². The van der Waals surface area contributed by atoms with Crippen LogP contribution in [0, 0.1) is 11.2 Å². The highest BCUT2D eigenvalue weighted by Crippen LogP contribution is 2.48. The molecule has 2 heterocycles. The number of hydrogen-bond donors (Lipinski definition) is 2. The van der Waals surface area contributed by atoms with Crippen LogP contribution < -0.4 is 5.48 Å². The summed E-state index contributed by atoms with van der Waals surface area (Å²) in [6, 6.07) is 3.49. The predicted molar refractivity (Wildman–Crippen MR) is 87.3 cm³/mol. The van der Waals surface area contributed by atoms with E-state index >= 15 is 0 Å². The summed E-state index contributed by atoms with van der Waals surface area (Å²) in [6.45, 7) is 3.84. The van der Waals surface area contributed by atoms with Gasteiger partial charge in [0.2, 0.25) is 0 Å². The Labute approximate surface area is 141 Å². The molecule has 1 atom stereocenters. The van der Waals surface area contributed by atoms with Gasteiger partial charge >= 0.3 is 0 Å². The Hall–Kier alpha value is -1.50. The first-order valence-corrected chi connectivity index (χ1v) is 8.71. The van der Waals surface area contributed by atoms with Crippen molar-refractivity contribution >= 4 is 5.91 Å². The van der Waals surface area contributed by atoms with Crippen molar-refractivity contribution in [2.45, 2.75) is 38.3 Å². The van der Waals surface area contributed by atoms with E-state index < -0.39 is 5.91 Å². The molecule has 1 aromatic rings. The standard InChI is InChI=1S/C18H24FN3O2/c1-21-10-18(11-21)5-2-3-16(18)22-6-4-12-7-13(17(23)20-24)8-15(19)14(12)9-22/h7-8,16,24H,2-6,9-11H2,1H3,(H,20,23)/t16-/m0/s1. The number of carbonyl (C=O) groups excluding carboxylic acids is 1. The third-order valence-electron chi connectivity index (χ3n) is 6.15. The largest absolute Gasteiger partial charge is 0.305 e. The molecule has 0 bridgehead atoms. The normalized spacial score (nSPS) is 26.2. The van der Waals surface area contributed by atoms with Crippen LogP contribution in [-0.2, 0) is 13.0 Å². The third kappa shape index (κ3) is 2.44. The number of rotatable bonds is 2. The minimum Gasteiger partial charge on any atom is -0.305 e. The Morgan fingerprint density at radius 1 is 1.42 bits per heavy atom. The van der Waals surface area contributed by atoms with Gasteiger partial charge in [-0.3, -0.25) is 14.9 Å². The van der Waals surface area contributed by atoms with E-state index in [-0.39, 0.29) is 11.4 Å². The Bertz CT molecular complexity index is 672. The zero-order valence-corrected chi connectivity index (χ0v) is 14.0. The number of amides is 1. The summed E-state index contributed by atoms with van der Waals surface area (Å²) >= 11 is 0. The molecule has 4 rings (SSSR count). The number of fused-ring (bicyclic) bond motifs is 1. The van der Waals surface area contributed by atoms with Gasteiger partial charge in [0.1, 0.15) is 5.82 Å². The summed E-state index contributed by atoms with van der Waals surface area (Å²) < 4.78 is 14.5. The highest BCUT2D eigenvalue weighted by Gasteiger charge is 2.52. The molecular formula is C18H24FN3O2. The van der Waals surface area contributed by atoms with Crippen LogP contribution in [0.2, 0.25) is 0 Å². The molecule has 1 saturated carbocycles. The molecule has 1 aromatic carbocycles. The predicted octanol–water partition coefficient (Wildman–Crippen LogP) is 1.79. The van der Waals surface area contributed by atoms with Crippen LogP contribution in [-0.4, -0.2) is 53.6 Å². The van der Waals surface area contributed by atoms with Crippen molar-refractivity contribution in [3.05, 3.63) is 34.6 Å². The van der Waals surface area contributed by atoms with Gasteiger partial charge in [-0.05, 0) is 44.0 Å². The van der Waals surface area contributed by atoms with E-state index in [1.54, 1.807) is 11.5 Å². The zero-order valence-electron chi connectivity index (χ0n) is 14.0. The minimum absolute atomic E-state index is 0.181. The van der Waals surface area contributed by atoms with Crippen molar-refractivity contribution in [3.63, 3.8) is 0 Å². The average Bonchev–Trinajstić information content (AvgIpc) is 2.98. The smallest absolute Gasteiger partial charge is 0.274 e. The molecule has 0 radical (unpaired) electrons. The van der Waals surface area contributed by atoms with E-state index in [0.29, 0.717) is 23.6 Å². The summed E-state index contributed by atoms with van der Waals surface area (Å²) in [4.78, 5) is 16.4. The third-order valence-corrected chi connectivity index (χ3v) is 6.15. The molecule has 24 heavy (non-hydrogen) atoms. The van der Waals surface area contributed by atoms with Gasteiger partial charge in [0.25, 0.3) is 5.91 Å². The molecule has 0 unspecified atom stereocenters. The summed E-state index contributed by atoms with van der Waals surface area (Å²) in [5, 5.41) is 8.75. The fraction of sp³-hybridized carbons (Fsp3) is 0.611. The van der Waals surface area contributed by atoms with Crippen molar-refractivity contribution in [2.75, 3.05) is 26.7 Å². The average molecular weight is 333 g/mol. The lowest BCUT2D eigenvalue weighted by molar-refractivity contribution is -0.0421. The topological polar surface area (TPSA) is 55.8 Å². The molecule has 1 amide bonds. The molecule has 0 aromatic heterocycles. The Morgan fingerprint density at radius 3 is 2.92 bits per heavy atom. The van der Waals surface area contributed by atoms with E-state index in [1.165, 1.54) is 25.3 Å². The van der Waals surface area contributed by atoms with Crippen LogP contribution in [0.3, 0.4) is 0 Å². The fourth-order valence-corrected chi connectivity index (χ4v) is 5.19. The quantitative estimate of drug-likeness (QED) is 0.640. The summed E-state index contributed by atoms with van der Waals surface area (Å²) in [7, 11) is 2.17. The molecule has 1 spiro atoms. The molecule has 1 aliphatic carbocycles. The van der Waals surface area contributed by atoms with Gasteiger partial charge in [0.05, 0.1) is 0 Å². The second kappa shape index (κ2) is 5.79. The second-order valence-corrected chi connectivity index (χ2v) is 7.70. The van der Waals surface area contributed by atoms with Gasteiger partial charge in [-0.1, -0.05) is 6.42 Å². The number of likely N-dealkylation sites (tertiary alicyclic amines) is 1. The maximum atomic E-state index is 14.5. The molecule has 5 nitrogen and oxygen atoms in total. The van der Waals surface area contributed by atoms with Gasteiger partial charge in [-0.25, -0.2) is 9.87 Å². The van der Waals surface area contributed by atoms with E-state index in [9.17, 15) is 9.18 Å². The Morgan fingerprint density at radius 2 is 2.21 bits per heavy atom. The molecule has 2 aliphatic heterocycles. The fourth-order valence-electron chi connectivity index (χ4n) is 5.19. The highest BCUT2D eigenvalue weighted by molar-refractivity contribution is 5.93. The lowest BCUT2D eigenvalue weighted by Gasteiger charge is -2.53. The van der Waals surface area contributed by atoms with E-state index in [4.69, 9.17) is 5.21 Å². The molecule has 130 valence electrons. The highest BCUT2D eigenvalue weighted by atomic mass is 19.1. The maximum Gasteiger partial charge on any atom is 0.274 e. The molecule has 3 aliphatic rings. The van der Waals surface area contributed by atoms with E-state index in [1.807, 2.05) is 0 Å². The van der Waals surface area contributed by atoms with Crippen molar-refractivity contribution in [2.24, 2.45) is 5.41 Å². The summed E-state index contributed by atoms with van der Waals surface area (Å²) in [5.41, 5.74) is 3.77. The molecule has 1 saturated heterocycles. The Balaban J connectivity index is 1.57. The first kappa shape index (κ1) is 16.0. The first-order valence-electron chi connectivity index (χ1n) is 8.71. The van der Waals surface area contributed by atoms with Crippen molar-refractivity contribution in [1.82, 2.24) is 15.3 Å². The van der Waals surface area contributed by atoms with Crippen LogP contribution >= 0.6 is 0 Å². The van der Waals surface area contributed by atoms with Crippen LogP contribution in [0.15, 0.2) is 12.1 Å². The Kier molecular flexibility index (Phi) is 3.86. The second-order valence-electron chi connectivity index (χ2n) is 7.70. The van der Waals surface area contributed by atoms with Crippen LogP contribution in [0.25, 0.3) is 0 Å². The number of carbonyl (C=O) groups is 1. The van der Waals surface area contributed by atoms with E-state index in [0.717, 1.165) is 31.6 Å². The van der Waals surface area contributed by atoms with Crippen molar-refractivity contribution < 1.29 is 14.4 Å². The minimum atomic E-state index is -0.661. The molecule has 2 N–H and O–H groups in total. The number of hydroxylamine groups is 1. The number of benzene rings is 1. The summed E-state index contributed by atoms with van der Waals surface area (Å²) in [5.74, 6) is -1.00. The lowest BCUT2D eigenvalue weighted by Crippen LogP contribution is -2.62. The van der Waals surface area contributed by atoms with Crippen LogP contribution in [0.1, 0.15) is 40.7 Å². The van der Waals surface area contributed by atoms with Crippen LogP contribution in [0.5, 0.6) is 0 Å².